The van der Waals surface area contributed by atoms with Crippen LogP contribution in [0, 0.1) is 5.92 Å². The van der Waals surface area contributed by atoms with Crippen molar-refractivity contribution in [1.82, 2.24) is 19.8 Å². The summed E-state index contributed by atoms with van der Waals surface area (Å²) in [5, 5.41) is 3.38. The van der Waals surface area contributed by atoms with E-state index in [0.29, 0.717) is 24.3 Å². The van der Waals surface area contributed by atoms with Crippen molar-refractivity contribution >= 4 is 29.9 Å². The summed E-state index contributed by atoms with van der Waals surface area (Å²) in [6.07, 6.45) is 4.27. The highest BCUT2D eigenvalue weighted by Gasteiger charge is 2.28. The van der Waals surface area contributed by atoms with Crippen molar-refractivity contribution in [2.45, 2.75) is 32.4 Å². The number of hydrogen-bond acceptors (Lipinski definition) is 3. The molecule has 1 aliphatic heterocycles. The number of likely N-dealkylation sites (tertiary alicyclic amines) is 1. The van der Waals surface area contributed by atoms with E-state index in [2.05, 4.69) is 31.7 Å². The lowest BCUT2D eigenvalue weighted by atomic mass is 9.93. The van der Waals surface area contributed by atoms with Gasteiger partial charge >= 0.3 is 0 Å². The van der Waals surface area contributed by atoms with E-state index in [4.69, 9.17) is 4.74 Å². The first-order valence-corrected chi connectivity index (χ1v) is 9.49. The number of alkyl halides is 2. The minimum atomic E-state index is -2.48. The van der Waals surface area contributed by atoms with E-state index in [-0.39, 0.29) is 24.0 Å². The van der Waals surface area contributed by atoms with Crippen molar-refractivity contribution < 1.29 is 13.5 Å². The van der Waals surface area contributed by atoms with Gasteiger partial charge < -0.3 is 19.5 Å². The third-order valence-corrected chi connectivity index (χ3v) is 5.06. The van der Waals surface area contributed by atoms with Crippen LogP contribution in [0.4, 0.5) is 8.78 Å². The Morgan fingerprint density at radius 2 is 2.24 bits per heavy atom. The van der Waals surface area contributed by atoms with Gasteiger partial charge in [-0.3, -0.25) is 4.99 Å². The van der Waals surface area contributed by atoms with E-state index < -0.39 is 13.0 Å². The molecule has 0 aliphatic carbocycles. The Morgan fingerprint density at radius 3 is 2.93 bits per heavy atom. The number of ether oxygens (including phenoxy) is 1. The molecule has 0 radical (unpaired) electrons. The van der Waals surface area contributed by atoms with E-state index in [9.17, 15) is 8.78 Å². The van der Waals surface area contributed by atoms with Crippen LogP contribution in [-0.4, -0.2) is 53.6 Å². The van der Waals surface area contributed by atoms with E-state index >= 15 is 0 Å². The summed E-state index contributed by atoms with van der Waals surface area (Å²) in [6, 6.07) is 7.54. The summed E-state index contributed by atoms with van der Waals surface area (Å²) in [6.45, 7) is 4.00. The minimum absolute atomic E-state index is 0. The van der Waals surface area contributed by atoms with Crippen molar-refractivity contribution in [1.29, 1.82) is 0 Å². The summed E-state index contributed by atoms with van der Waals surface area (Å²) >= 11 is 0. The molecule has 1 aromatic carbocycles. The molecule has 2 atom stereocenters. The van der Waals surface area contributed by atoms with Crippen LogP contribution in [0.3, 0.4) is 0 Å². The molecule has 2 unspecified atom stereocenters. The molecule has 0 bridgehead atoms. The summed E-state index contributed by atoms with van der Waals surface area (Å²) in [5.74, 6) is 1.84. The van der Waals surface area contributed by atoms with Crippen molar-refractivity contribution in [2.24, 2.45) is 10.9 Å². The Kier molecular flexibility index (Phi) is 9.12. The van der Waals surface area contributed by atoms with Gasteiger partial charge in [-0.05, 0) is 30.0 Å². The molecule has 0 amide bonds. The summed E-state index contributed by atoms with van der Waals surface area (Å²) < 4.78 is 31.9. The molecule has 1 aliphatic rings. The van der Waals surface area contributed by atoms with E-state index in [1.807, 2.05) is 24.8 Å². The van der Waals surface area contributed by atoms with Crippen LogP contribution in [0.2, 0.25) is 0 Å². The lowest BCUT2D eigenvalue weighted by Gasteiger charge is -2.39. The fraction of sp³-hybridized carbons (Fsp3) is 0.500. The van der Waals surface area contributed by atoms with Gasteiger partial charge in [0.05, 0.1) is 12.4 Å². The lowest BCUT2D eigenvalue weighted by Crippen LogP contribution is -2.48. The monoisotopic (exact) mass is 519 g/mol. The van der Waals surface area contributed by atoms with Crippen LogP contribution in [0.1, 0.15) is 24.9 Å². The first-order valence-electron chi connectivity index (χ1n) is 9.49. The normalized spacial score (nSPS) is 19.8. The number of aliphatic imine (C=N–C) groups is 1. The highest BCUT2D eigenvalue weighted by molar-refractivity contribution is 14.0. The molecule has 1 saturated heterocycles. The van der Waals surface area contributed by atoms with Gasteiger partial charge in [0.2, 0.25) is 0 Å². The predicted octanol–water partition coefficient (Wildman–Crippen LogP) is 3.80. The van der Waals surface area contributed by atoms with Gasteiger partial charge in [0.1, 0.15) is 12.4 Å². The molecule has 160 valence electrons. The van der Waals surface area contributed by atoms with Gasteiger partial charge in [0.25, 0.3) is 6.43 Å². The second-order valence-corrected chi connectivity index (χ2v) is 7.04. The second kappa shape index (κ2) is 11.3. The van der Waals surface area contributed by atoms with Crippen molar-refractivity contribution in [3.05, 3.63) is 48.5 Å². The Hall–Kier alpha value is -1.91. The Bertz CT molecular complexity index is 772. The molecule has 2 aromatic rings. The summed E-state index contributed by atoms with van der Waals surface area (Å²) in [5.41, 5.74) is 0.949. The maximum Gasteiger partial charge on any atom is 0.272 e. The number of imidazole rings is 1. The molecule has 0 spiro atoms. The zero-order valence-corrected chi connectivity index (χ0v) is 19.0. The molecule has 9 heteroatoms. The van der Waals surface area contributed by atoms with Gasteiger partial charge in [-0.1, -0.05) is 19.1 Å². The van der Waals surface area contributed by atoms with Crippen molar-refractivity contribution in [3.8, 4) is 5.75 Å². The van der Waals surface area contributed by atoms with Crippen LogP contribution in [0.15, 0.2) is 48.0 Å². The van der Waals surface area contributed by atoms with Crippen LogP contribution >= 0.6 is 24.0 Å². The zero-order valence-electron chi connectivity index (χ0n) is 16.7. The van der Waals surface area contributed by atoms with Crippen LogP contribution in [-0.2, 0) is 6.54 Å². The van der Waals surface area contributed by atoms with Crippen LogP contribution in [0.5, 0.6) is 5.75 Å². The topological polar surface area (TPSA) is 54.7 Å². The predicted molar refractivity (Wildman–Crippen MR) is 120 cm³/mol. The second-order valence-electron chi connectivity index (χ2n) is 7.04. The number of nitrogens with zero attached hydrogens (tertiary/aromatic N) is 4. The van der Waals surface area contributed by atoms with Gasteiger partial charge in [0.15, 0.2) is 5.96 Å². The minimum Gasteiger partial charge on any atom is -0.488 e. The molecule has 3 rings (SSSR count). The zero-order chi connectivity index (χ0) is 19.9. The average molecular weight is 519 g/mol. The fourth-order valence-corrected chi connectivity index (χ4v) is 3.51. The molecule has 29 heavy (non-hydrogen) atoms. The highest BCUT2D eigenvalue weighted by Crippen LogP contribution is 2.27. The van der Waals surface area contributed by atoms with Gasteiger partial charge in [-0.2, -0.15) is 0 Å². The van der Waals surface area contributed by atoms with Gasteiger partial charge in [0, 0.05) is 39.1 Å². The average Bonchev–Trinajstić information content (AvgIpc) is 3.23. The number of aromatic nitrogens is 2. The van der Waals surface area contributed by atoms with Crippen LogP contribution < -0.4 is 10.1 Å². The first-order chi connectivity index (χ1) is 13.6. The van der Waals surface area contributed by atoms with Crippen molar-refractivity contribution in [3.63, 3.8) is 0 Å². The number of hydrogen-bond donors (Lipinski definition) is 1. The fourth-order valence-electron chi connectivity index (χ4n) is 3.51. The van der Waals surface area contributed by atoms with Gasteiger partial charge in [-0.25, -0.2) is 13.8 Å². The Morgan fingerprint density at radius 1 is 1.41 bits per heavy atom. The standard InChI is InChI=1S/C20H27F2N5O.HI/c1-15-6-8-26(12-18(15)27-9-7-24-14-27)20(23-2)25-11-16-4-3-5-17(10-16)28-13-19(21)22;/h3-5,7,9-10,14-15,18-19H,6,8,11-13H2,1-2H3,(H,23,25);1H. The third kappa shape index (κ3) is 6.55. The number of piperidine rings is 1. The smallest absolute Gasteiger partial charge is 0.272 e. The summed E-state index contributed by atoms with van der Waals surface area (Å²) in [4.78, 5) is 10.8. The maximum atomic E-state index is 12.3. The SMILES string of the molecule is CN=C(NCc1cccc(OCC(F)F)c1)N1CCC(C)C(n2ccnc2)C1.I. The quantitative estimate of drug-likeness (QED) is 0.359. The number of rotatable bonds is 6. The van der Waals surface area contributed by atoms with E-state index in [1.54, 1.807) is 25.2 Å². The molecule has 2 heterocycles. The molecule has 1 aromatic heterocycles. The molecular formula is C20H28F2IN5O. The Labute approximate surface area is 187 Å². The molecule has 1 N–H and O–H groups in total. The lowest BCUT2D eigenvalue weighted by molar-refractivity contribution is 0.0818. The number of nitrogens with one attached hydrogen (secondary N) is 1. The molecule has 6 nitrogen and oxygen atoms in total. The van der Waals surface area contributed by atoms with E-state index in [0.717, 1.165) is 31.0 Å². The third-order valence-electron chi connectivity index (χ3n) is 5.06. The number of halogens is 3. The first kappa shape index (κ1) is 23.4. The van der Waals surface area contributed by atoms with Crippen molar-refractivity contribution in [2.75, 3.05) is 26.7 Å². The molecule has 1 fully saturated rings. The van der Waals surface area contributed by atoms with Gasteiger partial charge in [-0.15, -0.1) is 24.0 Å². The summed E-state index contributed by atoms with van der Waals surface area (Å²) in [7, 11) is 1.77. The molecular weight excluding hydrogens is 491 g/mol. The van der Waals surface area contributed by atoms with E-state index in [1.165, 1.54) is 0 Å². The number of benzene rings is 1. The van der Waals surface area contributed by atoms with Crippen LogP contribution in [0.25, 0.3) is 0 Å². The largest absolute Gasteiger partial charge is 0.488 e. The highest BCUT2D eigenvalue weighted by atomic mass is 127. The molecule has 0 saturated carbocycles. The maximum absolute atomic E-state index is 12.3. The number of guanidine groups is 1. The Balaban J connectivity index is 0.00000300.